The molecule has 0 amide bonds. The van der Waals surface area contributed by atoms with Crippen LogP contribution in [0, 0.1) is 0 Å². The molecule has 0 aliphatic carbocycles. The van der Waals surface area contributed by atoms with Gasteiger partial charge in [-0.05, 0) is 55.2 Å². The monoisotopic (exact) mass is 483 g/mol. The summed E-state index contributed by atoms with van der Waals surface area (Å²) in [6.45, 7) is 3.09. The lowest BCUT2D eigenvalue weighted by molar-refractivity contribution is -0.143. The number of esters is 1. The topological polar surface area (TPSA) is 91.2 Å². The number of methoxy groups -OCH3 is 1. The number of carbonyl (C=O) groups excluding carboxylic acids is 1. The zero-order chi connectivity index (χ0) is 24.9. The van der Waals surface area contributed by atoms with E-state index in [0.29, 0.717) is 12.5 Å². The second-order valence-electron chi connectivity index (χ2n) is 8.66. The van der Waals surface area contributed by atoms with Crippen molar-refractivity contribution in [2.75, 3.05) is 25.6 Å². The van der Waals surface area contributed by atoms with Gasteiger partial charge >= 0.3 is 5.97 Å². The highest BCUT2D eigenvalue weighted by atomic mass is 16.5. The van der Waals surface area contributed by atoms with Gasteiger partial charge in [0.05, 0.1) is 37.6 Å². The smallest absolute Gasteiger partial charge is 0.308 e. The minimum Gasteiger partial charge on any atom is -0.481 e. The van der Waals surface area contributed by atoms with Crippen LogP contribution in [0.5, 0.6) is 5.88 Å². The molecular weight excluding hydrogens is 454 g/mol. The van der Waals surface area contributed by atoms with E-state index < -0.39 is 0 Å². The highest BCUT2D eigenvalue weighted by Crippen LogP contribution is 2.29. The van der Waals surface area contributed by atoms with E-state index in [1.54, 1.807) is 31.0 Å². The molecule has 0 saturated heterocycles. The molecule has 8 nitrogen and oxygen atoms in total. The summed E-state index contributed by atoms with van der Waals surface area (Å²) in [5.41, 5.74) is 5.84. The molecular formula is C28H29N5O3. The molecule has 184 valence electrons. The van der Waals surface area contributed by atoms with Gasteiger partial charge in [-0.25, -0.2) is 9.97 Å². The average Bonchev–Trinajstić information content (AvgIpc) is 3.42. The molecule has 0 bridgehead atoms. The molecule has 1 atom stereocenters. The average molecular weight is 484 g/mol. The molecule has 36 heavy (non-hydrogen) atoms. The van der Waals surface area contributed by atoms with Crippen LogP contribution in [0.3, 0.4) is 0 Å². The van der Waals surface area contributed by atoms with E-state index in [1.807, 2.05) is 30.5 Å². The number of fused-ring (bicyclic) bond motifs is 1. The summed E-state index contributed by atoms with van der Waals surface area (Å²) >= 11 is 0. The normalized spacial score (nSPS) is 13.4. The summed E-state index contributed by atoms with van der Waals surface area (Å²) in [5, 5.41) is 8.24. The van der Waals surface area contributed by atoms with Gasteiger partial charge in [0.15, 0.2) is 0 Å². The van der Waals surface area contributed by atoms with Crippen molar-refractivity contribution in [3.05, 3.63) is 78.1 Å². The summed E-state index contributed by atoms with van der Waals surface area (Å²) in [7, 11) is 1.57. The number of pyridine rings is 2. The SMILES string of the molecule is CCOC(=O)CC(c1ccc(OC)nc1)n1ccc(-c2cccc(-c3ccc4c(n3)NCCC4)c2)n1. The first kappa shape index (κ1) is 23.5. The predicted molar refractivity (Wildman–Crippen MR) is 138 cm³/mol. The molecule has 1 aliphatic heterocycles. The van der Waals surface area contributed by atoms with Crippen LogP contribution in [-0.2, 0) is 16.0 Å². The van der Waals surface area contributed by atoms with Gasteiger partial charge in [0.2, 0.25) is 5.88 Å². The Hall–Kier alpha value is -4.20. The Morgan fingerprint density at radius 3 is 2.75 bits per heavy atom. The number of ether oxygens (including phenoxy) is 2. The van der Waals surface area contributed by atoms with Crippen LogP contribution in [0.2, 0.25) is 0 Å². The fourth-order valence-electron chi connectivity index (χ4n) is 4.44. The Balaban J connectivity index is 1.44. The fourth-order valence-corrected chi connectivity index (χ4v) is 4.44. The Labute approximate surface area is 210 Å². The van der Waals surface area contributed by atoms with Crippen molar-refractivity contribution in [1.29, 1.82) is 0 Å². The minimum atomic E-state index is -0.354. The Morgan fingerprint density at radius 1 is 1.11 bits per heavy atom. The standard InChI is InChI=1S/C28H29N5O3/c1-3-36-27(34)17-25(22-10-12-26(35-2)30-18-22)33-15-13-24(32-33)21-7-4-6-20(16-21)23-11-9-19-8-5-14-29-28(19)31-23/h4,6-7,9-13,15-16,18,25H,3,5,8,14,17H2,1-2H3,(H,29,31). The van der Waals surface area contributed by atoms with Gasteiger partial charge in [-0.2, -0.15) is 5.10 Å². The molecule has 4 heterocycles. The lowest BCUT2D eigenvalue weighted by Crippen LogP contribution is -2.18. The molecule has 1 unspecified atom stereocenters. The van der Waals surface area contributed by atoms with Crippen LogP contribution in [0.25, 0.3) is 22.5 Å². The van der Waals surface area contributed by atoms with Gasteiger partial charge in [0, 0.05) is 36.1 Å². The van der Waals surface area contributed by atoms with Crippen molar-refractivity contribution >= 4 is 11.8 Å². The van der Waals surface area contributed by atoms with E-state index in [-0.39, 0.29) is 18.4 Å². The zero-order valence-corrected chi connectivity index (χ0v) is 20.5. The van der Waals surface area contributed by atoms with Crippen molar-refractivity contribution < 1.29 is 14.3 Å². The number of anilines is 1. The van der Waals surface area contributed by atoms with Crippen LogP contribution in [0.15, 0.2) is 67.0 Å². The maximum absolute atomic E-state index is 12.4. The number of hydrogen-bond acceptors (Lipinski definition) is 7. The first-order valence-corrected chi connectivity index (χ1v) is 12.2. The van der Waals surface area contributed by atoms with Gasteiger partial charge in [-0.1, -0.05) is 24.3 Å². The molecule has 1 N–H and O–H groups in total. The third-order valence-electron chi connectivity index (χ3n) is 6.29. The number of benzene rings is 1. The number of rotatable bonds is 8. The number of nitrogens with zero attached hydrogens (tertiary/aromatic N) is 4. The van der Waals surface area contributed by atoms with Crippen molar-refractivity contribution in [3.63, 3.8) is 0 Å². The molecule has 4 aromatic rings. The maximum atomic E-state index is 12.4. The first-order valence-electron chi connectivity index (χ1n) is 12.2. The number of nitrogens with one attached hydrogen (secondary N) is 1. The third kappa shape index (κ3) is 5.07. The lowest BCUT2D eigenvalue weighted by atomic mass is 10.0. The second-order valence-corrected chi connectivity index (χ2v) is 8.66. The van der Waals surface area contributed by atoms with E-state index in [0.717, 1.165) is 53.3 Å². The molecule has 0 radical (unpaired) electrons. The van der Waals surface area contributed by atoms with E-state index in [9.17, 15) is 4.79 Å². The summed E-state index contributed by atoms with van der Waals surface area (Å²) in [5.74, 6) is 1.20. The van der Waals surface area contributed by atoms with Gasteiger partial charge in [-0.3, -0.25) is 9.48 Å². The van der Waals surface area contributed by atoms with Crippen molar-refractivity contribution in [2.45, 2.75) is 32.2 Å². The van der Waals surface area contributed by atoms with E-state index in [4.69, 9.17) is 19.6 Å². The second kappa shape index (κ2) is 10.6. The van der Waals surface area contributed by atoms with Crippen molar-refractivity contribution in [3.8, 4) is 28.4 Å². The van der Waals surface area contributed by atoms with Gasteiger partial charge in [-0.15, -0.1) is 0 Å². The number of hydrogen-bond donors (Lipinski definition) is 1. The van der Waals surface area contributed by atoms with Crippen LogP contribution in [-0.4, -0.2) is 46.0 Å². The number of carbonyl (C=O) groups is 1. The van der Waals surface area contributed by atoms with Crippen LogP contribution < -0.4 is 10.1 Å². The van der Waals surface area contributed by atoms with Crippen LogP contribution >= 0.6 is 0 Å². The van der Waals surface area contributed by atoms with Crippen LogP contribution in [0.4, 0.5) is 5.82 Å². The Bertz CT molecular complexity index is 1350. The van der Waals surface area contributed by atoms with E-state index in [2.05, 4.69) is 34.6 Å². The largest absolute Gasteiger partial charge is 0.481 e. The fraction of sp³-hybridized carbons (Fsp3) is 0.286. The summed E-state index contributed by atoms with van der Waals surface area (Å²) in [6.07, 6.45) is 5.94. The minimum absolute atomic E-state index is 0.148. The number of aromatic nitrogens is 4. The molecule has 0 spiro atoms. The third-order valence-corrected chi connectivity index (χ3v) is 6.29. The predicted octanol–water partition coefficient (Wildman–Crippen LogP) is 4.92. The summed E-state index contributed by atoms with van der Waals surface area (Å²) in [4.78, 5) is 21.5. The quantitative estimate of drug-likeness (QED) is 0.356. The summed E-state index contributed by atoms with van der Waals surface area (Å²) < 4.78 is 12.2. The molecule has 0 fully saturated rings. The van der Waals surface area contributed by atoms with Crippen LogP contribution in [0.1, 0.15) is 36.9 Å². The molecule has 3 aromatic heterocycles. The van der Waals surface area contributed by atoms with E-state index >= 15 is 0 Å². The highest BCUT2D eigenvalue weighted by molar-refractivity contribution is 5.72. The van der Waals surface area contributed by atoms with E-state index in [1.165, 1.54) is 5.56 Å². The zero-order valence-electron chi connectivity index (χ0n) is 20.5. The first-order chi connectivity index (χ1) is 17.6. The maximum Gasteiger partial charge on any atom is 0.308 e. The highest BCUT2D eigenvalue weighted by Gasteiger charge is 2.21. The van der Waals surface area contributed by atoms with Crippen molar-refractivity contribution in [2.24, 2.45) is 0 Å². The molecule has 5 rings (SSSR count). The molecule has 0 saturated carbocycles. The molecule has 1 aromatic carbocycles. The Morgan fingerprint density at radius 2 is 1.97 bits per heavy atom. The summed E-state index contributed by atoms with van der Waals surface area (Å²) in [6, 6.07) is 17.7. The lowest BCUT2D eigenvalue weighted by Gasteiger charge is -2.18. The van der Waals surface area contributed by atoms with Gasteiger partial charge in [0.1, 0.15) is 5.82 Å². The van der Waals surface area contributed by atoms with Gasteiger partial charge < -0.3 is 14.8 Å². The van der Waals surface area contributed by atoms with Crippen molar-refractivity contribution in [1.82, 2.24) is 19.7 Å². The van der Waals surface area contributed by atoms with Gasteiger partial charge in [0.25, 0.3) is 0 Å². The molecule has 1 aliphatic rings. The molecule has 8 heteroatoms. The Kier molecular flexibility index (Phi) is 6.93. The number of aryl methyl sites for hydroxylation is 1.